The van der Waals surface area contributed by atoms with Gasteiger partial charge in [0.2, 0.25) is 15.8 Å². The minimum Gasteiger partial charge on any atom is -0.378 e. The van der Waals surface area contributed by atoms with Crippen LogP contribution in [0, 0.1) is 0 Å². The Morgan fingerprint density at radius 3 is 2.51 bits per heavy atom. The average molecular weight is 516 g/mol. The Kier molecular flexibility index (Phi) is 6.42. The van der Waals surface area contributed by atoms with Crippen LogP contribution in [-0.4, -0.2) is 111 Å². The summed E-state index contributed by atoms with van der Waals surface area (Å²) in [7, 11) is -4.15. The quantitative estimate of drug-likeness (QED) is 0.541. The number of amides is 1. The van der Waals surface area contributed by atoms with E-state index < -0.39 is 22.2 Å². The molecule has 0 spiro atoms. The normalized spacial score (nSPS) is 25.0. The van der Waals surface area contributed by atoms with Crippen LogP contribution in [-0.2, 0) is 19.5 Å². The number of pyridine rings is 1. The molecule has 3 aliphatic heterocycles. The largest absolute Gasteiger partial charge is 0.378 e. The predicted molar refractivity (Wildman–Crippen MR) is 128 cm³/mol. The van der Waals surface area contributed by atoms with Crippen molar-refractivity contribution in [1.82, 2.24) is 29.5 Å². The summed E-state index contributed by atoms with van der Waals surface area (Å²) in [4.78, 5) is 16.8. The first-order chi connectivity index (χ1) is 16.7. The molecular weight excluding hydrogens is 481 g/mol. The Balaban J connectivity index is 0.00000190. The first kappa shape index (κ1) is 24.3. The fourth-order valence-electron chi connectivity index (χ4n) is 4.76. The minimum atomic E-state index is -4.15. The molecule has 2 N–H and O–H groups in total. The van der Waals surface area contributed by atoms with E-state index >= 15 is 0 Å². The van der Waals surface area contributed by atoms with E-state index in [9.17, 15) is 17.6 Å². The third-order valence-electron chi connectivity index (χ3n) is 6.52. The van der Waals surface area contributed by atoms with Crippen LogP contribution in [0.25, 0.3) is 5.65 Å². The molecule has 3 fully saturated rings. The number of rotatable bonds is 6. The second kappa shape index (κ2) is 9.24. The summed E-state index contributed by atoms with van der Waals surface area (Å²) in [5.74, 6) is -0.340. The second-order valence-electron chi connectivity index (χ2n) is 9.57. The van der Waals surface area contributed by atoms with E-state index in [2.05, 4.69) is 20.2 Å². The number of carbonyl (C=O) groups is 1. The number of ether oxygens (including phenoxy) is 2. The van der Waals surface area contributed by atoms with Gasteiger partial charge in [0.25, 0.3) is 5.91 Å². The molecule has 0 radical (unpaired) electrons. The van der Waals surface area contributed by atoms with Crippen molar-refractivity contribution in [3.63, 3.8) is 0 Å². The monoisotopic (exact) mass is 515 g/mol. The molecule has 0 unspecified atom stereocenters. The minimum absolute atomic E-state index is 0. The Bertz CT molecular complexity index is 1210. The number of fused-ring (bicyclic) bond motifs is 1. The summed E-state index contributed by atoms with van der Waals surface area (Å²) in [6.45, 7) is 5.98. The summed E-state index contributed by atoms with van der Waals surface area (Å²) in [5.41, 5.74) is -0.360. The SMILES string of the molecule is C[C@H]1CN(c2cc(S(=O)(=O)NC3(CF)COC3)cn3c(C(=O)N4CCOCC4)nnc23)C[C@H](C)N1.[HH].[HH]. The van der Waals surface area contributed by atoms with Crippen molar-refractivity contribution in [2.45, 2.75) is 36.4 Å². The topological polar surface area (TPSA) is 130 Å². The van der Waals surface area contributed by atoms with Crippen molar-refractivity contribution in [2.24, 2.45) is 0 Å². The van der Waals surface area contributed by atoms with Crippen LogP contribution in [0.2, 0.25) is 0 Å². The van der Waals surface area contributed by atoms with Crippen molar-refractivity contribution in [2.75, 3.05) is 64.2 Å². The molecule has 0 saturated carbocycles. The third kappa shape index (κ3) is 4.60. The Labute approximate surface area is 205 Å². The van der Waals surface area contributed by atoms with Gasteiger partial charge in [0.15, 0.2) is 5.65 Å². The van der Waals surface area contributed by atoms with Gasteiger partial charge in [0.1, 0.15) is 17.1 Å². The highest BCUT2D eigenvalue weighted by Crippen LogP contribution is 2.29. The van der Waals surface area contributed by atoms with Crippen molar-refractivity contribution in [3.05, 3.63) is 18.1 Å². The molecule has 5 heterocycles. The Morgan fingerprint density at radius 1 is 1.23 bits per heavy atom. The van der Waals surface area contributed by atoms with Gasteiger partial charge < -0.3 is 24.6 Å². The molecule has 0 bridgehead atoms. The lowest BCUT2D eigenvalue weighted by molar-refractivity contribution is -0.0725. The first-order valence-electron chi connectivity index (χ1n) is 11.7. The van der Waals surface area contributed by atoms with Crippen molar-refractivity contribution < 1.29 is 29.9 Å². The van der Waals surface area contributed by atoms with Crippen molar-refractivity contribution in [3.8, 4) is 0 Å². The summed E-state index contributed by atoms with van der Waals surface area (Å²) >= 11 is 0. The molecule has 5 rings (SSSR count). The molecule has 2 aromatic rings. The number of carbonyl (C=O) groups excluding carboxylic acids is 1. The van der Waals surface area contributed by atoms with Crippen LogP contribution >= 0.6 is 0 Å². The van der Waals surface area contributed by atoms with Gasteiger partial charge in [-0.25, -0.2) is 12.8 Å². The van der Waals surface area contributed by atoms with Crippen molar-refractivity contribution in [1.29, 1.82) is 0 Å². The molecular formula is C21H34FN7O5S. The van der Waals surface area contributed by atoms with E-state index in [0.29, 0.717) is 50.7 Å². The lowest BCUT2D eigenvalue weighted by atomic mass is 10.0. The van der Waals surface area contributed by atoms with Crippen LogP contribution in [0.15, 0.2) is 17.2 Å². The van der Waals surface area contributed by atoms with E-state index in [0.717, 1.165) is 0 Å². The molecule has 3 aliphatic rings. The maximum Gasteiger partial charge on any atom is 0.292 e. The van der Waals surface area contributed by atoms with E-state index in [1.807, 2.05) is 18.7 Å². The zero-order chi connectivity index (χ0) is 24.8. The van der Waals surface area contributed by atoms with E-state index in [1.54, 1.807) is 4.90 Å². The lowest BCUT2D eigenvalue weighted by Gasteiger charge is -2.39. The number of alkyl halides is 1. The molecule has 1 amide bonds. The Hall–Kier alpha value is -2.39. The van der Waals surface area contributed by atoms with Gasteiger partial charge >= 0.3 is 0 Å². The second-order valence-corrected chi connectivity index (χ2v) is 11.3. The van der Waals surface area contributed by atoms with Crippen LogP contribution in [0.4, 0.5) is 10.1 Å². The number of hydrogen-bond acceptors (Lipinski definition) is 9. The number of piperazine rings is 1. The summed E-state index contributed by atoms with van der Waals surface area (Å²) in [5, 5.41) is 11.9. The lowest BCUT2D eigenvalue weighted by Crippen LogP contribution is -2.63. The number of morpholine rings is 1. The standard InChI is InChI=1S/C21H30FN7O5S.2H2/c1-14-8-28(9-15(2)23-14)17-7-16(35(31,32)26-21(11-22)12-34-13-21)10-29-18(17)24-25-19(29)20(30)27-3-5-33-6-4-27;;/h7,10,14-15,23,26H,3-6,8-9,11-13H2,1-2H3;2*1H/t14-,15-;;/m0../s1. The number of nitrogens with zero attached hydrogens (tertiary/aromatic N) is 5. The molecule has 0 aromatic carbocycles. The zero-order valence-electron chi connectivity index (χ0n) is 19.7. The van der Waals surface area contributed by atoms with Gasteiger partial charge in [-0.3, -0.25) is 9.20 Å². The highest BCUT2D eigenvalue weighted by molar-refractivity contribution is 7.89. The van der Waals surface area contributed by atoms with Gasteiger partial charge in [0.05, 0.1) is 32.1 Å². The van der Waals surface area contributed by atoms with Crippen molar-refractivity contribution >= 4 is 27.3 Å². The number of aromatic nitrogens is 3. The van der Waals surface area contributed by atoms with Gasteiger partial charge in [-0.2, -0.15) is 4.72 Å². The highest BCUT2D eigenvalue weighted by Gasteiger charge is 2.43. The third-order valence-corrected chi connectivity index (χ3v) is 8.07. The fraction of sp³-hybridized carbons (Fsp3) is 0.667. The zero-order valence-corrected chi connectivity index (χ0v) is 20.6. The molecule has 35 heavy (non-hydrogen) atoms. The van der Waals surface area contributed by atoms with E-state index in [1.165, 1.54) is 16.7 Å². The van der Waals surface area contributed by atoms with Gasteiger partial charge in [-0.1, -0.05) is 0 Å². The Morgan fingerprint density at radius 2 is 1.91 bits per heavy atom. The van der Waals surface area contributed by atoms with Crippen LogP contribution < -0.4 is 14.9 Å². The van der Waals surface area contributed by atoms with Gasteiger partial charge in [-0.05, 0) is 19.9 Å². The molecule has 2 aromatic heterocycles. The van der Waals surface area contributed by atoms with Crippen LogP contribution in [0.3, 0.4) is 0 Å². The number of anilines is 1. The number of hydrogen-bond donors (Lipinski definition) is 2. The predicted octanol–water partition coefficient (Wildman–Crippen LogP) is -0.103. The number of halogens is 1. The van der Waals surface area contributed by atoms with E-state index in [-0.39, 0.29) is 44.8 Å². The summed E-state index contributed by atoms with van der Waals surface area (Å²) in [6, 6.07) is 1.82. The number of sulfonamides is 1. The molecule has 196 valence electrons. The van der Waals surface area contributed by atoms with E-state index in [4.69, 9.17) is 9.47 Å². The van der Waals surface area contributed by atoms with Crippen LogP contribution in [0.1, 0.15) is 27.3 Å². The first-order valence-corrected chi connectivity index (χ1v) is 13.1. The van der Waals surface area contributed by atoms with Gasteiger partial charge in [-0.15, -0.1) is 10.2 Å². The van der Waals surface area contributed by atoms with Crippen LogP contribution in [0.5, 0.6) is 0 Å². The highest BCUT2D eigenvalue weighted by atomic mass is 32.2. The molecule has 2 atom stereocenters. The molecule has 12 nitrogen and oxygen atoms in total. The average Bonchev–Trinajstić information content (AvgIpc) is 3.24. The smallest absolute Gasteiger partial charge is 0.292 e. The number of nitrogens with one attached hydrogen (secondary N) is 2. The summed E-state index contributed by atoms with van der Waals surface area (Å²) < 4.78 is 54.7. The molecule has 14 heteroatoms. The molecule has 0 aliphatic carbocycles. The van der Waals surface area contributed by atoms with Gasteiger partial charge in [0, 0.05) is 47.3 Å². The molecule has 3 saturated heterocycles. The fourth-order valence-corrected chi connectivity index (χ4v) is 6.14. The maximum atomic E-state index is 13.7. The summed E-state index contributed by atoms with van der Waals surface area (Å²) in [6.07, 6.45) is 1.33. The maximum absolute atomic E-state index is 13.7.